The van der Waals surface area contributed by atoms with Gasteiger partial charge in [-0.05, 0) is 59.9 Å². The quantitative estimate of drug-likeness (QED) is 0.482. The van der Waals surface area contributed by atoms with E-state index in [4.69, 9.17) is 17.3 Å². The Balaban J connectivity index is 1.67. The van der Waals surface area contributed by atoms with Crippen molar-refractivity contribution in [1.29, 1.82) is 0 Å². The van der Waals surface area contributed by atoms with Gasteiger partial charge in [-0.1, -0.05) is 23.7 Å². The molecule has 0 saturated heterocycles. The van der Waals surface area contributed by atoms with Crippen LogP contribution < -0.4 is 10.6 Å². The third kappa shape index (κ3) is 3.58. The van der Waals surface area contributed by atoms with Crippen LogP contribution in [-0.4, -0.2) is 25.8 Å². The Bertz CT molecular complexity index is 1370. The lowest BCUT2D eigenvalue weighted by atomic mass is 9.78. The summed E-state index contributed by atoms with van der Waals surface area (Å²) < 4.78 is 13.7. The van der Waals surface area contributed by atoms with Crippen LogP contribution in [-0.2, 0) is 16.6 Å². The SMILES string of the molecule is CC1(Cc2cncnc2)C(=O)N(c2cnc(N)cn2)c2ccc(-c3ccc(F)c(Cl)c3)cc21. The summed E-state index contributed by atoms with van der Waals surface area (Å²) in [5.41, 5.74) is 8.62. The Labute approximate surface area is 194 Å². The van der Waals surface area contributed by atoms with Crippen LogP contribution in [0.1, 0.15) is 18.1 Å². The summed E-state index contributed by atoms with van der Waals surface area (Å²) in [6.45, 7) is 1.88. The molecule has 9 heteroatoms. The summed E-state index contributed by atoms with van der Waals surface area (Å²) in [5, 5.41) is 0.0343. The number of carbonyl (C=O) groups excluding carboxylic acids is 1. The second kappa shape index (κ2) is 7.90. The fourth-order valence-electron chi connectivity index (χ4n) is 4.17. The van der Waals surface area contributed by atoms with E-state index in [0.717, 1.165) is 22.3 Å². The Morgan fingerprint density at radius 2 is 1.76 bits per heavy atom. The second-order valence-corrected chi connectivity index (χ2v) is 8.46. The number of hydrogen-bond acceptors (Lipinski definition) is 6. The van der Waals surface area contributed by atoms with E-state index in [1.807, 2.05) is 25.1 Å². The maximum atomic E-state index is 13.8. The molecule has 0 fully saturated rings. The molecule has 0 aliphatic carbocycles. The minimum Gasteiger partial charge on any atom is -0.382 e. The van der Waals surface area contributed by atoms with E-state index >= 15 is 0 Å². The normalized spacial score (nSPS) is 17.3. The number of carbonyl (C=O) groups is 1. The predicted molar refractivity (Wildman–Crippen MR) is 124 cm³/mol. The van der Waals surface area contributed by atoms with Crippen molar-refractivity contribution in [3.05, 3.63) is 89.5 Å². The van der Waals surface area contributed by atoms with Gasteiger partial charge in [-0.3, -0.25) is 9.69 Å². The maximum Gasteiger partial charge on any atom is 0.243 e. The van der Waals surface area contributed by atoms with E-state index in [9.17, 15) is 9.18 Å². The average Bonchev–Trinajstić information content (AvgIpc) is 3.03. The number of benzene rings is 2. The number of halogens is 2. The van der Waals surface area contributed by atoms with Gasteiger partial charge < -0.3 is 5.73 Å². The zero-order valence-electron chi connectivity index (χ0n) is 17.5. The highest BCUT2D eigenvalue weighted by atomic mass is 35.5. The fourth-order valence-corrected chi connectivity index (χ4v) is 4.35. The van der Waals surface area contributed by atoms with Gasteiger partial charge in [0.05, 0.1) is 28.5 Å². The first-order valence-corrected chi connectivity index (χ1v) is 10.5. The summed E-state index contributed by atoms with van der Waals surface area (Å²) in [4.78, 5) is 32.0. The molecule has 1 atom stereocenters. The van der Waals surface area contributed by atoms with E-state index in [1.54, 1.807) is 29.4 Å². The summed E-state index contributed by atoms with van der Waals surface area (Å²) >= 11 is 6.01. The highest BCUT2D eigenvalue weighted by Gasteiger charge is 2.48. The topological polar surface area (TPSA) is 97.9 Å². The monoisotopic (exact) mass is 460 g/mol. The fraction of sp³-hybridized carbons (Fsp3) is 0.125. The Kier molecular flexibility index (Phi) is 5.02. The molecule has 7 nitrogen and oxygen atoms in total. The molecule has 1 aliphatic rings. The number of rotatable bonds is 4. The minimum absolute atomic E-state index is 0.0343. The van der Waals surface area contributed by atoms with Gasteiger partial charge in [-0.25, -0.2) is 24.3 Å². The van der Waals surface area contributed by atoms with Crippen molar-refractivity contribution in [2.45, 2.75) is 18.8 Å². The van der Waals surface area contributed by atoms with Gasteiger partial charge in [0.2, 0.25) is 5.91 Å². The van der Waals surface area contributed by atoms with Gasteiger partial charge in [-0.2, -0.15) is 0 Å². The van der Waals surface area contributed by atoms with E-state index in [2.05, 4.69) is 19.9 Å². The molecule has 164 valence electrons. The predicted octanol–water partition coefficient (Wildman–Crippen LogP) is 4.49. The summed E-state index contributed by atoms with van der Waals surface area (Å²) in [6.07, 6.45) is 8.11. The molecule has 0 bridgehead atoms. The van der Waals surface area contributed by atoms with E-state index < -0.39 is 11.2 Å². The molecular formula is C24H18ClFN6O. The number of amides is 1. The van der Waals surface area contributed by atoms with Crippen LogP contribution in [0.15, 0.2) is 67.5 Å². The number of nitrogens with zero attached hydrogens (tertiary/aromatic N) is 5. The Morgan fingerprint density at radius 1 is 1.03 bits per heavy atom. The smallest absolute Gasteiger partial charge is 0.243 e. The van der Waals surface area contributed by atoms with Gasteiger partial charge >= 0.3 is 0 Å². The van der Waals surface area contributed by atoms with Gasteiger partial charge in [0.1, 0.15) is 18.0 Å². The zero-order valence-corrected chi connectivity index (χ0v) is 18.3. The van der Waals surface area contributed by atoms with E-state index in [0.29, 0.717) is 17.9 Å². The number of anilines is 3. The van der Waals surface area contributed by atoms with Gasteiger partial charge in [0.25, 0.3) is 0 Å². The lowest BCUT2D eigenvalue weighted by molar-refractivity contribution is -0.122. The second-order valence-electron chi connectivity index (χ2n) is 8.06. The van der Waals surface area contributed by atoms with Crippen LogP contribution in [0.4, 0.5) is 21.7 Å². The molecule has 1 unspecified atom stereocenters. The van der Waals surface area contributed by atoms with Crippen LogP contribution in [0.2, 0.25) is 5.02 Å². The van der Waals surface area contributed by atoms with Crippen molar-refractivity contribution in [1.82, 2.24) is 19.9 Å². The molecule has 5 rings (SSSR count). The van der Waals surface area contributed by atoms with E-state index in [-0.39, 0.29) is 16.7 Å². The zero-order chi connectivity index (χ0) is 23.2. The molecule has 33 heavy (non-hydrogen) atoms. The highest BCUT2D eigenvalue weighted by molar-refractivity contribution is 6.31. The van der Waals surface area contributed by atoms with Crippen LogP contribution in [0, 0.1) is 5.82 Å². The van der Waals surface area contributed by atoms with Crippen molar-refractivity contribution in [2.24, 2.45) is 0 Å². The average molecular weight is 461 g/mol. The van der Waals surface area contributed by atoms with Crippen molar-refractivity contribution in [3.8, 4) is 11.1 Å². The molecular weight excluding hydrogens is 443 g/mol. The lowest BCUT2D eigenvalue weighted by Gasteiger charge is -2.24. The van der Waals surface area contributed by atoms with Crippen molar-refractivity contribution < 1.29 is 9.18 Å². The Hall–Kier alpha value is -3.91. The molecule has 0 saturated carbocycles. The van der Waals surface area contributed by atoms with Gasteiger partial charge in [0.15, 0.2) is 5.82 Å². The third-order valence-corrected chi connectivity index (χ3v) is 6.11. The van der Waals surface area contributed by atoms with Gasteiger partial charge in [0, 0.05) is 12.4 Å². The number of nitrogen functional groups attached to an aromatic ring is 1. The number of fused-ring (bicyclic) bond motifs is 1. The summed E-state index contributed by atoms with van der Waals surface area (Å²) in [5.74, 6) is -0.00658. The van der Waals surface area contributed by atoms with Crippen LogP contribution in [0.5, 0.6) is 0 Å². The molecule has 1 amide bonds. The summed E-state index contributed by atoms with van der Waals surface area (Å²) in [6, 6.07) is 10.2. The molecule has 3 heterocycles. The first-order valence-electron chi connectivity index (χ1n) is 10.1. The van der Waals surface area contributed by atoms with Crippen LogP contribution in [0.3, 0.4) is 0 Å². The standard InChI is InChI=1S/C24H18ClFN6O/c1-24(8-14-9-28-13-29-10-14)17-6-15(16-2-4-19(26)18(25)7-16)3-5-20(17)32(23(24)33)22-12-30-21(27)11-31-22/h2-7,9-13H,8H2,1H3,(H2,27,30). The Morgan fingerprint density at radius 3 is 2.45 bits per heavy atom. The number of nitrogens with two attached hydrogens (primary N) is 1. The van der Waals surface area contributed by atoms with Crippen molar-refractivity contribution in [3.63, 3.8) is 0 Å². The molecule has 2 aromatic heterocycles. The lowest BCUT2D eigenvalue weighted by Crippen LogP contribution is -2.38. The number of hydrogen-bond donors (Lipinski definition) is 1. The third-order valence-electron chi connectivity index (χ3n) is 5.82. The summed E-state index contributed by atoms with van der Waals surface area (Å²) in [7, 11) is 0. The number of aromatic nitrogens is 4. The highest BCUT2D eigenvalue weighted by Crippen LogP contribution is 2.48. The van der Waals surface area contributed by atoms with E-state index in [1.165, 1.54) is 24.8 Å². The first kappa shape index (κ1) is 21.0. The van der Waals surface area contributed by atoms with Gasteiger partial charge in [-0.15, -0.1) is 0 Å². The largest absolute Gasteiger partial charge is 0.382 e. The molecule has 1 aliphatic heterocycles. The molecule has 4 aromatic rings. The van der Waals surface area contributed by atoms with Crippen LogP contribution in [0.25, 0.3) is 11.1 Å². The molecule has 2 aromatic carbocycles. The molecule has 2 N–H and O–H groups in total. The molecule has 0 spiro atoms. The van der Waals surface area contributed by atoms with Crippen molar-refractivity contribution in [2.75, 3.05) is 10.6 Å². The first-order chi connectivity index (χ1) is 15.9. The molecule has 0 radical (unpaired) electrons. The maximum absolute atomic E-state index is 13.8. The van der Waals surface area contributed by atoms with Crippen molar-refractivity contribution >= 4 is 34.8 Å². The van der Waals surface area contributed by atoms with Crippen LogP contribution >= 0.6 is 11.6 Å². The minimum atomic E-state index is -0.928.